The van der Waals surface area contributed by atoms with E-state index >= 15 is 0 Å². The van der Waals surface area contributed by atoms with E-state index in [-0.39, 0.29) is 0 Å². The summed E-state index contributed by atoms with van der Waals surface area (Å²) in [4.78, 5) is 0. The fourth-order valence-electron chi connectivity index (χ4n) is 2.52. The van der Waals surface area contributed by atoms with Crippen molar-refractivity contribution in [2.75, 3.05) is 0 Å². The van der Waals surface area contributed by atoms with Crippen LogP contribution in [0.5, 0.6) is 0 Å². The number of nitrogens with zero attached hydrogens (tertiary/aromatic N) is 3. The van der Waals surface area contributed by atoms with Crippen LogP contribution in [0.25, 0.3) is 11.4 Å². The maximum Gasteiger partial charge on any atom is 0.110 e. The number of aryl methyl sites for hydroxylation is 3. The van der Waals surface area contributed by atoms with Crippen LogP contribution in [0.1, 0.15) is 30.5 Å². The van der Waals surface area contributed by atoms with Crippen molar-refractivity contribution in [1.82, 2.24) is 14.8 Å². The van der Waals surface area contributed by atoms with Gasteiger partial charge in [-0.2, -0.15) is 5.10 Å². The minimum Gasteiger partial charge on any atom is -0.349 e. The van der Waals surface area contributed by atoms with E-state index in [4.69, 9.17) is 0 Å². The quantitative estimate of drug-likeness (QED) is 0.701. The summed E-state index contributed by atoms with van der Waals surface area (Å²) in [6, 6.07) is 6.36. The van der Waals surface area contributed by atoms with Crippen LogP contribution in [-0.4, -0.2) is 14.8 Å². The summed E-state index contributed by atoms with van der Waals surface area (Å²) in [5.41, 5.74) is 4.75. The summed E-state index contributed by atoms with van der Waals surface area (Å²) in [6.45, 7) is 0. The molecule has 0 bridgehead atoms. The first kappa shape index (κ1) is 10.5. The smallest absolute Gasteiger partial charge is 0.110 e. The molecule has 0 spiro atoms. The van der Waals surface area contributed by atoms with Gasteiger partial charge < -0.3 is 4.57 Å². The molecule has 3 nitrogen and oxygen atoms in total. The van der Waals surface area contributed by atoms with Gasteiger partial charge in [0.05, 0.1) is 11.4 Å². The van der Waals surface area contributed by atoms with E-state index in [1.807, 2.05) is 19.3 Å². The summed E-state index contributed by atoms with van der Waals surface area (Å²) in [7, 11) is 2.04. The second-order valence-electron chi connectivity index (χ2n) is 4.77. The Morgan fingerprint density at radius 1 is 1.12 bits per heavy atom. The molecular formula is C14H17N3. The third-order valence-electron chi connectivity index (χ3n) is 3.53. The molecule has 0 amide bonds. The van der Waals surface area contributed by atoms with Crippen LogP contribution in [0.15, 0.2) is 24.4 Å². The molecule has 0 saturated heterocycles. The van der Waals surface area contributed by atoms with E-state index < -0.39 is 0 Å². The van der Waals surface area contributed by atoms with Gasteiger partial charge in [-0.15, -0.1) is 5.10 Å². The largest absolute Gasteiger partial charge is 0.349 e. The first-order valence-electron chi connectivity index (χ1n) is 6.32. The molecule has 1 aliphatic rings. The van der Waals surface area contributed by atoms with Gasteiger partial charge in [-0.25, -0.2) is 0 Å². The maximum absolute atomic E-state index is 4.41. The number of aromatic nitrogens is 3. The molecule has 0 unspecified atom stereocenters. The van der Waals surface area contributed by atoms with Gasteiger partial charge in [0.1, 0.15) is 5.69 Å². The van der Waals surface area contributed by atoms with Crippen molar-refractivity contribution in [3.63, 3.8) is 0 Å². The number of fused-ring (bicyclic) bond motifs is 1. The normalized spacial score (nSPS) is 15.4. The fraction of sp³-hybridized carbons (Fsp3) is 0.429. The van der Waals surface area contributed by atoms with Gasteiger partial charge in [0.25, 0.3) is 0 Å². The zero-order chi connectivity index (χ0) is 11.7. The van der Waals surface area contributed by atoms with E-state index in [1.54, 1.807) is 0 Å². The van der Waals surface area contributed by atoms with Crippen LogP contribution in [0, 0.1) is 0 Å². The first-order valence-corrected chi connectivity index (χ1v) is 6.32. The lowest BCUT2D eigenvalue weighted by Gasteiger charge is -2.07. The van der Waals surface area contributed by atoms with E-state index in [2.05, 4.69) is 26.9 Å². The fourth-order valence-corrected chi connectivity index (χ4v) is 2.52. The first-order chi connectivity index (χ1) is 8.34. The molecule has 2 aromatic rings. The van der Waals surface area contributed by atoms with Crippen molar-refractivity contribution in [2.24, 2.45) is 7.05 Å². The van der Waals surface area contributed by atoms with Gasteiger partial charge in [0.15, 0.2) is 0 Å². The number of hydrogen-bond donors (Lipinski definition) is 0. The summed E-state index contributed by atoms with van der Waals surface area (Å²) in [5, 5.41) is 8.78. The summed E-state index contributed by atoms with van der Waals surface area (Å²) in [5.74, 6) is 0. The van der Waals surface area contributed by atoms with E-state index in [9.17, 15) is 0 Å². The Morgan fingerprint density at radius 2 is 2.00 bits per heavy atom. The Balaban J connectivity index is 2.03. The summed E-state index contributed by atoms with van der Waals surface area (Å²) >= 11 is 0. The van der Waals surface area contributed by atoms with Crippen LogP contribution in [-0.2, 0) is 19.9 Å². The van der Waals surface area contributed by atoms with Crippen molar-refractivity contribution in [2.45, 2.75) is 32.1 Å². The minimum absolute atomic E-state index is 0.998. The Labute approximate surface area is 101 Å². The van der Waals surface area contributed by atoms with Gasteiger partial charge in [-0.1, -0.05) is 6.42 Å². The van der Waals surface area contributed by atoms with Crippen molar-refractivity contribution < 1.29 is 0 Å². The molecule has 0 fully saturated rings. The molecule has 0 atom stereocenters. The zero-order valence-electron chi connectivity index (χ0n) is 10.2. The Morgan fingerprint density at radius 3 is 2.82 bits per heavy atom. The highest BCUT2D eigenvalue weighted by atomic mass is 15.1. The predicted octanol–water partition coefficient (Wildman–Crippen LogP) is 2.75. The highest BCUT2D eigenvalue weighted by molar-refractivity contribution is 5.55. The Kier molecular flexibility index (Phi) is 2.67. The molecular weight excluding hydrogens is 210 g/mol. The molecule has 0 aromatic carbocycles. The third-order valence-corrected chi connectivity index (χ3v) is 3.53. The molecule has 0 radical (unpaired) electrons. The average Bonchev–Trinajstić information content (AvgIpc) is 2.64. The lowest BCUT2D eigenvalue weighted by atomic mass is 10.1. The van der Waals surface area contributed by atoms with Gasteiger partial charge in [0.2, 0.25) is 0 Å². The van der Waals surface area contributed by atoms with Crippen molar-refractivity contribution in [3.8, 4) is 11.4 Å². The van der Waals surface area contributed by atoms with E-state index in [0.717, 1.165) is 24.2 Å². The maximum atomic E-state index is 4.41. The lowest BCUT2D eigenvalue weighted by Crippen LogP contribution is -2.01. The van der Waals surface area contributed by atoms with Gasteiger partial charge in [-0.3, -0.25) is 0 Å². The van der Waals surface area contributed by atoms with Gasteiger partial charge in [0, 0.05) is 13.2 Å². The van der Waals surface area contributed by atoms with Gasteiger partial charge >= 0.3 is 0 Å². The molecule has 2 heterocycles. The predicted molar refractivity (Wildman–Crippen MR) is 67.7 cm³/mol. The highest BCUT2D eigenvalue weighted by Crippen LogP contribution is 2.23. The lowest BCUT2D eigenvalue weighted by molar-refractivity contribution is 0.706. The number of rotatable bonds is 1. The Bertz CT molecular complexity index is 528. The van der Waals surface area contributed by atoms with Crippen LogP contribution < -0.4 is 0 Å². The molecule has 0 N–H and O–H groups in total. The van der Waals surface area contributed by atoms with Crippen molar-refractivity contribution in [3.05, 3.63) is 35.7 Å². The molecule has 1 aliphatic carbocycles. The molecule has 3 rings (SSSR count). The average molecular weight is 227 g/mol. The Hall–Kier alpha value is -1.64. The summed E-state index contributed by atoms with van der Waals surface area (Å²) in [6.07, 6.45) is 8.15. The van der Waals surface area contributed by atoms with Crippen LogP contribution in [0.3, 0.4) is 0 Å². The minimum atomic E-state index is 0.998. The number of hydrogen-bond acceptors (Lipinski definition) is 2. The SMILES string of the molecule is Cn1cccc1-c1cc2c(nn1)CCCCC2. The topological polar surface area (TPSA) is 30.7 Å². The summed E-state index contributed by atoms with van der Waals surface area (Å²) < 4.78 is 2.09. The molecule has 17 heavy (non-hydrogen) atoms. The second kappa shape index (κ2) is 4.32. The van der Waals surface area contributed by atoms with E-state index in [0.29, 0.717) is 0 Å². The van der Waals surface area contributed by atoms with Crippen LogP contribution in [0.4, 0.5) is 0 Å². The molecule has 0 aliphatic heterocycles. The second-order valence-corrected chi connectivity index (χ2v) is 4.77. The molecule has 2 aromatic heterocycles. The van der Waals surface area contributed by atoms with Crippen LogP contribution in [0.2, 0.25) is 0 Å². The highest BCUT2D eigenvalue weighted by Gasteiger charge is 2.12. The zero-order valence-corrected chi connectivity index (χ0v) is 10.2. The molecule has 88 valence electrons. The van der Waals surface area contributed by atoms with Crippen molar-refractivity contribution >= 4 is 0 Å². The van der Waals surface area contributed by atoms with Crippen LogP contribution >= 0.6 is 0 Å². The van der Waals surface area contributed by atoms with Crippen molar-refractivity contribution in [1.29, 1.82) is 0 Å². The monoisotopic (exact) mass is 227 g/mol. The molecule has 3 heteroatoms. The third kappa shape index (κ3) is 1.97. The molecule has 0 saturated carbocycles. The van der Waals surface area contributed by atoms with E-state index in [1.165, 1.54) is 30.5 Å². The van der Waals surface area contributed by atoms with Gasteiger partial charge in [-0.05, 0) is 49.4 Å². The standard InChI is InChI=1S/C14H17N3/c1-17-9-5-8-14(17)13-10-11-6-3-2-4-7-12(11)15-16-13/h5,8-10H,2-4,6-7H2,1H3.